The summed E-state index contributed by atoms with van der Waals surface area (Å²) in [6.07, 6.45) is 0. The molecule has 88 valence electrons. The van der Waals surface area contributed by atoms with Crippen LogP contribution in [-0.2, 0) is 7.05 Å². The molecule has 4 nitrogen and oxygen atoms in total. The van der Waals surface area contributed by atoms with Crippen molar-refractivity contribution in [3.63, 3.8) is 0 Å². The number of aromatic nitrogens is 1. The normalized spacial score (nSPS) is 10.8. The van der Waals surface area contributed by atoms with Crippen molar-refractivity contribution < 1.29 is 9.90 Å². The summed E-state index contributed by atoms with van der Waals surface area (Å²) in [5, 5.41) is 9.87. The van der Waals surface area contributed by atoms with Crippen molar-refractivity contribution in [2.45, 2.75) is 13.8 Å². The van der Waals surface area contributed by atoms with Gasteiger partial charge in [0.25, 0.3) is 5.56 Å². The molecule has 1 N–H and O–H groups in total. The van der Waals surface area contributed by atoms with Gasteiger partial charge in [0.2, 0.25) is 0 Å². The Labute approximate surface area is 98.1 Å². The molecule has 4 heteroatoms. The van der Waals surface area contributed by atoms with E-state index in [2.05, 4.69) is 0 Å². The number of pyridine rings is 1. The minimum Gasteiger partial charge on any atom is -0.477 e. The molecule has 0 radical (unpaired) electrons. The predicted octanol–water partition coefficient (Wildman–Crippen LogP) is 1.85. The Kier molecular flexibility index (Phi) is 2.50. The number of benzene rings is 1. The third kappa shape index (κ3) is 1.62. The van der Waals surface area contributed by atoms with E-state index in [1.807, 2.05) is 25.1 Å². The lowest BCUT2D eigenvalue weighted by Gasteiger charge is -2.11. The fourth-order valence-electron chi connectivity index (χ4n) is 2.06. The van der Waals surface area contributed by atoms with Crippen molar-refractivity contribution in [1.82, 2.24) is 4.57 Å². The van der Waals surface area contributed by atoms with Gasteiger partial charge in [0.05, 0.1) is 5.52 Å². The Morgan fingerprint density at radius 3 is 2.53 bits per heavy atom. The van der Waals surface area contributed by atoms with Gasteiger partial charge in [-0.05, 0) is 31.0 Å². The van der Waals surface area contributed by atoms with Crippen LogP contribution in [-0.4, -0.2) is 15.6 Å². The molecule has 2 aromatic rings. The van der Waals surface area contributed by atoms with Crippen molar-refractivity contribution in [2.75, 3.05) is 0 Å². The number of rotatable bonds is 1. The number of aromatic carboxylic acids is 1. The minimum atomic E-state index is -1.18. The number of carbonyl (C=O) groups is 1. The van der Waals surface area contributed by atoms with E-state index in [1.165, 1.54) is 4.57 Å². The average Bonchev–Trinajstić information content (AvgIpc) is 2.25. The first-order valence-corrected chi connectivity index (χ1v) is 5.26. The van der Waals surface area contributed by atoms with Gasteiger partial charge < -0.3 is 9.67 Å². The molecule has 0 aliphatic carbocycles. The van der Waals surface area contributed by atoms with Gasteiger partial charge in [-0.3, -0.25) is 4.79 Å². The van der Waals surface area contributed by atoms with Crippen LogP contribution in [0.2, 0.25) is 0 Å². The van der Waals surface area contributed by atoms with E-state index in [9.17, 15) is 9.59 Å². The molecule has 0 fully saturated rings. The second-order valence-corrected chi connectivity index (χ2v) is 4.19. The molecule has 0 aliphatic rings. The van der Waals surface area contributed by atoms with E-state index in [4.69, 9.17) is 5.11 Å². The molecule has 0 spiro atoms. The average molecular weight is 231 g/mol. The fourth-order valence-corrected chi connectivity index (χ4v) is 2.06. The van der Waals surface area contributed by atoms with E-state index < -0.39 is 11.5 Å². The molecule has 17 heavy (non-hydrogen) atoms. The third-order valence-corrected chi connectivity index (χ3v) is 3.03. The summed E-state index contributed by atoms with van der Waals surface area (Å²) in [6, 6.07) is 5.65. The maximum absolute atomic E-state index is 11.9. The zero-order valence-electron chi connectivity index (χ0n) is 9.94. The van der Waals surface area contributed by atoms with E-state index in [1.54, 1.807) is 14.0 Å². The van der Waals surface area contributed by atoms with Gasteiger partial charge in [0.15, 0.2) is 0 Å². The molecule has 0 bridgehead atoms. The van der Waals surface area contributed by atoms with Crippen LogP contribution in [0, 0.1) is 13.8 Å². The van der Waals surface area contributed by atoms with Crippen LogP contribution < -0.4 is 5.56 Å². The second kappa shape index (κ2) is 3.73. The highest BCUT2D eigenvalue weighted by molar-refractivity contribution is 5.96. The van der Waals surface area contributed by atoms with E-state index in [-0.39, 0.29) is 5.56 Å². The zero-order valence-corrected chi connectivity index (χ0v) is 9.94. The second-order valence-electron chi connectivity index (χ2n) is 4.19. The highest BCUT2D eigenvalue weighted by Gasteiger charge is 2.17. The molecule has 0 saturated heterocycles. The van der Waals surface area contributed by atoms with Crippen LogP contribution in [0.25, 0.3) is 10.9 Å². The number of aryl methyl sites for hydroxylation is 3. The van der Waals surface area contributed by atoms with Gasteiger partial charge in [-0.2, -0.15) is 0 Å². The lowest BCUT2D eigenvalue weighted by atomic mass is 10.0. The molecule has 0 aliphatic heterocycles. The summed E-state index contributed by atoms with van der Waals surface area (Å²) in [7, 11) is 1.59. The molecular weight excluding hydrogens is 218 g/mol. The van der Waals surface area contributed by atoms with E-state index >= 15 is 0 Å². The molecule has 0 saturated carbocycles. The van der Waals surface area contributed by atoms with Crippen molar-refractivity contribution in [3.8, 4) is 0 Å². The van der Waals surface area contributed by atoms with Crippen molar-refractivity contribution in [3.05, 3.63) is 45.2 Å². The first-order chi connectivity index (χ1) is 7.93. The Balaban J connectivity index is 3.05. The fraction of sp³-hybridized carbons (Fsp3) is 0.231. The van der Waals surface area contributed by atoms with E-state index in [0.717, 1.165) is 16.5 Å². The Morgan fingerprint density at radius 1 is 1.29 bits per heavy atom. The summed E-state index contributed by atoms with van der Waals surface area (Å²) >= 11 is 0. The first kappa shape index (κ1) is 11.4. The van der Waals surface area contributed by atoms with E-state index in [0.29, 0.717) is 5.56 Å². The number of carboxylic acids is 1. The van der Waals surface area contributed by atoms with Gasteiger partial charge in [-0.25, -0.2) is 4.79 Å². The molecule has 1 heterocycles. The predicted molar refractivity (Wildman–Crippen MR) is 65.6 cm³/mol. The lowest BCUT2D eigenvalue weighted by molar-refractivity contribution is 0.0694. The number of nitrogens with zero attached hydrogens (tertiary/aromatic N) is 1. The Bertz CT molecular complexity index is 683. The summed E-state index contributed by atoms with van der Waals surface area (Å²) in [5.41, 5.74) is 1.71. The Morgan fingerprint density at radius 2 is 1.94 bits per heavy atom. The van der Waals surface area contributed by atoms with Crippen LogP contribution in [0.15, 0.2) is 23.0 Å². The maximum Gasteiger partial charge on any atom is 0.341 e. The van der Waals surface area contributed by atoms with Crippen molar-refractivity contribution in [2.24, 2.45) is 7.05 Å². The topological polar surface area (TPSA) is 59.3 Å². The van der Waals surface area contributed by atoms with Gasteiger partial charge >= 0.3 is 5.97 Å². The van der Waals surface area contributed by atoms with Crippen LogP contribution in [0.4, 0.5) is 0 Å². The number of fused-ring (bicyclic) bond motifs is 1. The van der Waals surface area contributed by atoms with Gasteiger partial charge in [0.1, 0.15) is 5.56 Å². The Hall–Kier alpha value is -2.10. The highest BCUT2D eigenvalue weighted by atomic mass is 16.4. The summed E-state index contributed by atoms with van der Waals surface area (Å²) < 4.78 is 1.39. The minimum absolute atomic E-state index is 0.149. The smallest absolute Gasteiger partial charge is 0.341 e. The molecule has 0 atom stereocenters. The van der Waals surface area contributed by atoms with Gasteiger partial charge in [-0.15, -0.1) is 0 Å². The molecular formula is C13H13NO3. The van der Waals surface area contributed by atoms with Crippen LogP contribution >= 0.6 is 0 Å². The zero-order chi connectivity index (χ0) is 12.7. The van der Waals surface area contributed by atoms with Crippen molar-refractivity contribution >= 4 is 16.9 Å². The number of carboxylic acid groups (broad SMARTS) is 1. The summed E-state index contributed by atoms with van der Waals surface area (Å²) in [6.45, 7) is 3.60. The quantitative estimate of drug-likeness (QED) is 0.814. The van der Waals surface area contributed by atoms with Crippen molar-refractivity contribution in [1.29, 1.82) is 0 Å². The van der Waals surface area contributed by atoms with Gasteiger partial charge in [0, 0.05) is 12.4 Å². The SMILES string of the molecule is Cc1ccc2c(C)c(C(=O)O)c(=O)n(C)c2c1. The maximum atomic E-state index is 11.9. The highest BCUT2D eigenvalue weighted by Crippen LogP contribution is 2.20. The monoisotopic (exact) mass is 231 g/mol. The largest absolute Gasteiger partial charge is 0.477 e. The molecule has 1 aromatic heterocycles. The third-order valence-electron chi connectivity index (χ3n) is 3.03. The van der Waals surface area contributed by atoms with Crippen LogP contribution in [0.1, 0.15) is 21.5 Å². The number of hydrogen-bond donors (Lipinski definition) is 1. The molecule has 1 aromatic carbocycles. The molecule has 0 unspecified atom stereocenters. The standard InChI is InChI=1S/C13H13NO3/c1-7-4-5-9-8(2)11(13(16)17)12(15)14(3)10(9)6-7/h4-6H,1-3H3,(H,16,17). The van der Waals surface area contributed by atoms with Gasteiger partial charge in [-0.1, -0.05) is 12.1 Å². The summed E-state index contributed by atoms with van der Waals surface area (Å²) in [5.74, 6) is -1.18. The first-order valence-electron chi connectivity index (χ1n) is 5.26. The lowest BCUT2D eigenvalue weighted by Crippen LogP contribution is -2.26. The number of hydrogen-bond acceptors (Lipinski definition) is 2. The van der Waals surface area contributed by atoms with Crippen LogP contribution in [0.3, 0.4) is 0 Å². The molecule has 2 rings (SSSR count). The van der Waals surface area contributed by atoms with Crippen LogP contribution in [0.5, 0.6) is 0 Å². The summed E-state index contributed by atoms with van der Waals surface area (Å²) in [4.78, 5) is 23.0. The molecule has 0 amide bonds.